The number of non-ortho nitro benzene ring substituents is 1. The van der Waals surface area contributed by atoms with Crippen LogP contribution in [0.1, 0.15) is 0 Å². The van der Waals surface area contributed by atoms with E-state index in [0.717, 1.165) is 11.4 Å². The molecule has 33 heavy (non-hydrogen) atoms. The monoisotopic (exact) mass is 451 g/mol. The number of anilines is 4. The summed E-state index contributed by atoms with van der Waals surface area (Å²) in [5.41, 5.74) is 0.954. The van der Waals surface area contributed by atoms with E-state index in [1.807, 2.05) is 29.2 Å². The van der Waals surface area contributed by atoms with Gasteiger partial charge >= 0.3 is 5.69 Å². The molecule has 0 radical (unpaired) electrons. The maximum absolute atomic E-state index is 11.9. The quantitative estimate of drug-likeness (QED) is 0.420. The smallest absolute Gasteiger partial charge is 0.353 e. The van der Waals surface area contributed by atoms with Crippen molar-refractivity contribution in [1.29, 1.82) is 0 Å². The molecule has 170 valence electrons. The van der Waals surface area contributed by atoms with Crippen LogP contribution in [0, 0.1) is 20.2 Å². The fraction of sp³-hybridized carbons (Fsp3) is 0.238. The Kier molecular flexibility index (Phi) is 6.15. The summed E-state index contributed by atoms with van der Waals surface area (Å²) in [6.45, 7) is 2.36. The molecule has 12 nitrogen and oxygen atoms in total. The lowest BCUT2D eigenvalue weighted by molar-refractivity contribution is -0.384. The fourth-order valence-electron chi connectivity index (χ4n) is 3.66. The second-order valence-corrected chi connectivity index (χ2v) is 7.26. The second kappa shape index (κ2) is 9.34. The van der Waals surface area contributed by atoms with Crippen LogP contribution < -0.4 is 19.9 Å². The molecule has 1 aliphatic heterocycles. The molecule has 2 aromatic carbocycles. The zero-order chi connectivity index (χ0) is 23.4. The minimum Gasteiger partial charge on any atom is -0.497 e. The van der Waals surface area contributed by atoms with Crippen molar-refractivity contribution in [1.82, 2.24) is 9.97 Å². The molecule has 1 fully saturated rings. The summed E-state index contributed by atoms with van der Waals surface area (Å²) >= 11 is 0. The van der Waals surface area contributed by atoms with E-state index >= 15 is 0 Å². The van der Waals surface area contributed by atoms with Gasteiger partial charge in [-0.25, -0.2) is 9.97 Å². The average molecular weight is 451 g/mol. The van der Waals surface area contributed by atoms with Crippen LogP contribution in [-0.4, -0.2) is 53.1 Å². The number of nitro groups is 2. The zero-order valence-corrected chi connectivity index (χ0v) is 17.7. The Bertz CT molecular complexity index is 1160. The SMILES string of the molecule is COc1ccc(N2CCN(c3ncnc(Nc4cccc([N+](=O)[O-])c4)c3[N+](=O)[O-])CC2)cc1. The van der Waals surface area contributed by atoms with E-state index in [-0.39, 0.29) is 23.0 Å². The first kappa shape index (κ1) is 21.7. The first-order valence-electron chi connectivity index (χ1n) is 10.1. The van der Waals surface area contributed by atoms with E-state index in [2.05, 4.69) is 20.2 Å². The standard InChI is InChI=1S/C21H21N7O5/c1-33-18-7-5-16(6-8-18)25-9-11-26(12-10-25)21-19(28(31)32)20(22-14-23-21)24-15-3-2-4-17(13-15)27(29)30/h2-8,13-14H,9-12H2,1H3,(H,22,23,24). The normalized spacial score (nSPS) is 13.5. The molecule has 0 unspecified atom stereocenters. The maximum atomic E-state index is 11.9. The van der Waals surface area contributed by atoms with E-state index in [0.29, 0.717) is 31.9 Å². The Labute approximate surface area is 188 Å². The Morgan fingerprint density at radius 3 is 2.27 bits per heavy atom. The van der Waals surface area contributed by atoms with Crippen LogP contribution in [0.5, 0.6) is 5.75 Å². The number of nitrogens with zero attached hydrogens (tertiary/aromatic N) is 6. The van der Waals surface area contributed by atoms with E-state index < -0.39 is 9.85 Å². The van der Waals surface area contributed by atoms with Crippen molar-refractivity contribution in [3.63, 3.8) is 0 Å². The summed E-state index contributed by atoms with van der Waals surface area (Å²) in [5.74, 6) is 0.957. The van der Waals surface area contributed by atoms with Gasteiger partial charge in [0.25, 0.3) is 5.69 Å². The molecule has 0 atom stereocenters. The molecule has 1 aromatic heterocycles. The van der Waals surface area contributed by atoms with Gasteiger partial charge in [-0.1, -0.05) is 6.07 Å². The van der Waals surface area contributed by atoms with Crippen molar-refractivity contribution in [3.05, 3.63) is 75.1 Å². The molecule has 1 N–H and O–H groups in total. The van der Waals surface area contributed by atoms with Crippen LogP contribution in [0.25, 0.3) is 0 Å². The Morgan fingerprint density at radius 2 is 1.64 bits per heavy atom. The Balaban J connectivity index is 1.54. The average Bonchev–Trinajstić information content (AvgIpc) is 2.84. The zero-order valence-electron chi connectivity index (χ0n) is 17.7. The van der Waals surface area contributed by atoms with Crippen LogP contribution in [0.3, 0.4) is 0 Å². The van der Waals surface area contributed by atoms with Crippen molar-refractivity contribution < 1.29 is 14.6 Å². The number of benzene rings is 2. The van der Waals surface area contributed by atoms with Crippen molar-refractivity contribution in [2.24, 2.45) is 0 Å². The first-order valence-corrected chi connectivity index (χ1v) is 10.1. The molecular formula is C21H21N7O5. The lowest BCUT2D eigenvalue weighted by Crippen LogP contribution is -2.47. The van der Waals surface area contributed by atoms with Gasteiger partial charge in [-0.15, -0.1) is 0 Å². The minimum absolute atomic E-state index is 0.0249. The summed E-state index contributed by atoms with van der Waals surface area (Å²) in [7, 11) is 1.62. The summed E-state index contributed by atoms with van der Waals surface area (Å²) in [4.78, 5) is 34.1. The van der Waals surface area contributed by atoms with Gasteiger partial charge in [0.05, 0.1) is 17.0 Å². The van der Waals surface area contributed by atoms with Crippen molar-refractivity contribution in [2.45, 2.75) is 0 Å². The molecule has 0 bridgehead atoms. The van der Waals surface area contributed by atoms with Gasteiger partial charge in [-0.3, -0.25) is 20.2 Å². The van der Waals surface area contributed by atoms with Gasteiger partial charge in [0.1, 0.15) is 12.1 Å². The number of hydrogen-bond acceptors (Lipinski definition) is 10. The van der Waals surface area contributed by atoms with Crippen LogP contribution in [0.15, 0.2) is 54.9 Å². The number of nitro benzene ring substituents is 1. The number of rotatable bonds is 7. The molecule has 4 rings (SSSR count). The summed E-state index contributed by atoms with van der Waals surface area (Å²) in [6.07, 6.45) is 1.25. The third-order valence-electron chi connectivity index (χ3n) is 5.32. The van der Waals surface area contributed by atoms with E-state index in [9.17, 15) is 20.2 Å². The van der Waals surface area contributed by atoms with Crippen LogP contribution in [0.4, 0.5) is 34.4 Å². The highest BCUT2D eigenvalue weighted by atomic mass is 16.6. The highest BCUT2D eigenvalue weighted by Gasteiger charge is 2.29. The molecule has 0 saturated carbocycles. The number of piperazine rings is 1. The van der Waals surface area contributed by atoms with E-state index in [4.69, 9.17) is 4.74 Å². The third kappa shape index (κ3) is 4.74. The highest BCUT2D eigenvalue weighted by Crippen LogP contribution is 2.35. The molecule has 0 spiro atoms. The van der Waals surface area contributed by atoms with E-state index in [1.54, 1.807) is 13.2 Å². The number of nitrogens with one attached hydrogen (secondary N) is 1. The summed E-state index contributed by atoms with van der Waals surface area (Å²) < 4.78 is 5.19. The lowest BCUT2D eigenvalue weighted by atomic mass is 10.2. The molecule has 0 aliphatic carbocycles. The molecule has 1 saturated heterocycles. The van der Waals surface area contributed by atoms with Crippen molar-refractivity contribution in [2.75, 3.05) is 48.4 Å². The van der Waals surface area contributed by atoms with Crippen molar-refractivity contribution >= 4 is 34.4 Å². The fourth-order valence-corrected chi connectivity index (χ4v) is 3.66. The van der Waals surface area contributed by atoms with Gasteiger partial charge in [-0.2, -0.15) is 0 Å². The van der Waals surface area contributed by atoms with Gasteiger partial charge < -0.3 is 19.9 Å². The minimum atomic E-state index is -0.537. The molecule has 0 amide bonds. The highest BCUT2D eigenvalue weighted by molar-refractivity contribution is 5.75. The molecule has 12 heteroatoms. The second-order valence-electron chi connectivity index (χ2n) is 7.26. The molecule has 2 heterocycles. The number of methoxy groups -OCH3 is 1. The van der Waals surface area contributed by atoms with Gasteiger partial charge in [0.15, 0.2) is 0 Å². The first-order chi connectivity index (χ1) is 16.0. The largest absolute Gasteiger partial charge is 0.497 e. The Morgan fingerprint density at radius 1 is 0.939 bits per heavy atom. The number of ether oxygens (including phenoxy) is 1. The number of hydrogen-bond donors (Lipinski definition) is 1. The van der Waals surface area contributed by atoms with Crippen LogP contribution >= 0.6 is 0 Å². The third-order valence-corrected chi connectivity index (χ3v) is 5.32. The van der Waals surface area contributed by atoms with Gasteiger partial charge in [0, 0.05) is 49.7 Å². The Hall–Kier alpha value is -4.48. The molecule has 3 aromatic rings. The molecular weight excluding hydrogens is 430 g/mol. The maximum Gasteiger partial charge on any atom is 0.353 e. The van der Waals surface area contributed by atoms with Gasteiger partial charge in [0.2, 0.25) is 11.6 Å². The predicted octanol–water partition coefficient (Wildman–Crippen LogP) is 3.37. The topological polar surface area (TPSA) is 140 Å². The van der Waals surface area contributed by atoms with E-state index in [1.165, 1.54) is 24.5 Å². The van der Waals surface area contributed by atoms with Gasteiger partial charge in [-0.05, 0) is 30.3 Å². The number of aromatic nitrogens is 2. The molecule has 1 aliphatic rings. The van der Waals surface area contributed by atoms with Crippen molar-refractivity contribution in [3.8, 4) is 5.75 Å². The summed E-state index contributed by atoms with van der Waals surface area (Å²) in [6, 6.07) is 13.4. The van der Waals surface area contributed by atoms with Crippen LogP contribution in [-0.2, 0) is 0 Å². The van der Waals surface area contributed by atoms with Crippen LogP contribution in [0.2, 0.25) is 0 Å². The summed E-state index contributed by atoms with van der Waals surface area (Å²) in [5, 5.41) is 25.8. The predicted molar refractivity (Wildman–Crippen MR) is 122 cm³/mol. The lowest BCUT2D eigenvalue weighted by Gasteiger charge is -2.36.